The van der Waals surface area contributed by atoms with Crippen molar-refractivity contribution in [3.05, 3.63) is 156 Å². The first kappa shape index (κ1) is 83.0. The van der Waals surface area contributed by atoms with E-state index in [4.69, 9.17) is 34.5 Å². The van der Waals surface area contributed by atoms with Gasteiger partial charge >= 0.3 is 24.0 Å². The summed E-state index contributed by atoms with van der Waals surface area (Å²) >= 11 is 0. The summed E-state index contributed by atoms with van der Waals surface area (Å²) in [6.07, 6.45) is 27.9. The van der Waals surface area contributed by atoms with Crippen LogP contribution in [0.15, 0.2) is 122 Å². The number of nitrogens with two attached hydrogens (primary N) is 1. The Bertz CT molecular complexity index is 5590. The number of Topliss-reactive ketones (excluding diaryl/α,β-unsaturated/α-hetero) is 1. The minimum atomic E-state index is -1.19. The number of aryl methyl sites for hydroxylation is 2. The van der Waals surface area contributed by atoms with Gasteiger partial charge in [-0.15, -0.1) is 0 Å². The summed E-state index contributed by atoms with van der Waals surface area (Å²) in [7, 11) is 3.31. The number of carboxylic acid groups (broad SMARTS) is 3. The molecular weight excluding hydrogens is 1550 g/mol. The fourth-order valence-corrected chi connectivity index (χ4v) is 12.2. The Kier molecular flexibility index (Phi) is 24.7. The number of amides is 1. The average molecular weight is 1640 g/mol. The molecule has 120 heavy (non-hydrogen) atoms. The SMILES string of the molecule is CCc1cc(Nc2cccnc2OC2CC2)nc2c(C(=O)O)cnn12.CCc1cc(Nc2cccnc2OC2CC2)nc2c(C(=O)O)cnn12.CN(C(=O)OC(C)(C)C)c1cc(Nc2cccnc2OC2CC2)nc2c(C(=O)O)cnn12.CNc1cc(Nc2cccnc2OC2CC2)nc2c(C(=O)CCCC3(O)CC3)cnn12.NCCC1(O)CC1. The van der Waals surface area contributed by atoms with Crippen molar-refractivity contribution in [2.45, 2.75) is 191 Å². The quantitative estimate of drug-likeness (QED) is 0.0186. The molecule has 18 rings (SSSR count). The number of fused-ring (bicyclic) bond motifs is 4. The number of aromatic carboxylic acids is 3. The molecule has 38 nitrogen and oxygen atoms in total. The van der Waals surface area contributed by atoms with E-state index in [0.717, 1.165) is 101 Å². The number of nitrogens with zero attached hydrogens (tertiary/aromatic N) is 17. The molecule has 0 atom stereocenters. The molecule has 12 N–H and O–H groups in total. The van der Waals surface area contributed by atoms with Gasteiger partial charge in [-0.05, 0) is 185 Å². The number of aliphatic hydroxyl groups is 2. The Morgan fingerprint density at radius 2 is 0.842 bits per heavy atom. The first-order valence-corrected chi connectivity index (χ1v) is 39.8. The minimum absolute atomic E-state index is 0.0231. The molecule has 6 saturated carbocycles. The highest BCUT2D eigenvalue weighted by Crippen LogP contribution is 2.42. The number of hydrogen-bond donors (Lipinski definition) is 11. The van der Waals surface area contributed by atoms with E-state index in [0.29, 0.717) is 131 Å². The maximum Gasteiger partial charge on any atom is 0.415 e. The van der Waals surface area contributed by atoms with E-state index >= 15 is 0 Å². The fourth-order valence-electron chi connectivity index (χ4n) is 12.2. The lowest BCUT2D eigenvalue weighted by Crippen LogP contribution is -2.35. The number of ketones is 1. The van der Waals surface area contributed by atoms with Gasteiger partial charge < -0.3 is 81.5 Å². The number of hydrogen-bond acceptors (Lipinski definition) is 30. The van der Waals surface area contributed by atoms with Crippen LogP contribution in [-0.4, -0.2) is 196 Å². The van der Waals surface area contributed by atoms with Crippen LogP contribution in [0.25, 0.3) is 22.6 Å². The summed E-state index contributed by atoms with van der Waals surface area (Å²) in [6.45, 7) is 9.85. The van der Waals surface area contributed by atoms with Crippen LogP contribution in [0.1, 0.15) is 190 Å². The smallest absolute Gasteiger partial charge is 0.415 e. The van der Waals surface area contributed by atoms with Crippen molar-refractivity contribution >= 4 is 110 Å². The van der Waals surface area contributed by atoms with Crippen LogP contribution in [0.3, 0.4) is 0 Å². The summed E-state index contributed by atoms with van der Waals surface area (Å²) in [5.74, 6) is 1.58. The van der Waals surface area contributed by atoms with Gasteiger partial charge in [-0.25, -0.2) is 68.1 Å². The predicted molar refractivity (Wildman–Crippen MR) is 441 cm³/mol. The number of anilines is 10. The number of ether oxygens (including phenoxy) is 5. The van der Waals surface area contributed by atoms with Crippen LogP contribution in [0.5, 0.6) is 23.5 Å². The number of pyridine rings is 4. The van der Waals surface area contributed by atoms with Crippen LogP contribution in [0, 0.1) is 0 Å². The standard InChI is InChI=1S/C22H26N6O3.C21H24N6O5.2C17H17N5O3.C5H11NO/c1-23-19-12-18(26-16-4-3-11-24-21(16)31-14-6-7-14)27-20-15(13-25-28(19)20)17(29)5-2-8-22(30)9-10-22;1-21(2,3)32-20(30)26(4)16-10-15(25-17-13(19(28)29)11-23-27(16)17)24-14-6-5-9-22-18(14)31-12-7-8-12;2*1-2-10-8-14(21-15-12(17(23)24)9-19-22(10)15)20-13-4-3-7-18-16(13)25-11-5-6-11;6-4-3-5(7)1-2-5/h3-4,11-14,23,30H,2,5-10H2,1H3,(H,26,27);5-6,9-12H,7-8H2,1-4H3,(H,24,25)(H,28,29);2*3-4,7-9,11H,2,5-6H2,1H3,(H,20,21)(H,23,24);7H,1-4,6H2. The monoisotopic (exact) mass is 1640 g/mol. The van der Waals surface area contributed by atoms with Gasteiger partial charge in [-0.1, -0.05) is 13.8 Å². The summed E-state index contributed by atoms with van der Waals surface area (Å²) in [5.41, 5.74) is 9.70. The highest BCUT2D eigenvalue weighted by molar-refractivity contribution is 6.02. The molecule has 38 heteroatoms. The summed E-state index contributed by atoms with van der Waals surface area (Å²) in [6, 6.07) is 21.7. The van der Waals surface area contributed by atoms with Crippen molar-refractivity contribution < 1.29 is 73.2 Å². The Labute approximate surface area is 687 Å². The number of carbonyl (C=O) groups excluding carboxylic acids is 2. The highest BCUT2D eigenvalue weighted by Gasteiger charge is 2.40. The Morgan fingerprint density at radius 3 is 1.18 bits per heavy atom. The number of carboxylic acids is 3. The van der Waals surface area contributed by atoms with Gasteiger partial charge in [0.2, 0.25) is 23.5 Å². The van der Waals surface area contributed by atoms with Crippen molar-refractivity contribution in [2.75, 3.05) is 52.1 Å². The minimum Gasteiger partial charge on any atom is -0.477 e. The third-order valence-electron chi connectivity index (χ3n) is 19.7. The molecule has 0 radical (unpaired) electrons. The molecule has 12 aromatic rings. The first-order valence-electron chi connectivity index (χ1n) is 39.8. The maximum absolute atomic E-state index is 12.8. The molecule has 6 aliphatic rings. The van der Waals surface area contributed by atoms with Crippen molar-refractivity contribution in [3.8, 4) is 23.5 Å². The summed E-state index contributed by atoms with van der Waals surface area (Å²) in [4.78, 5) is 96.3. The fraction of sp³-hybridized carbons (Fsp3) is 0.402. The lowest BCUT2D eigenvalue weighted by molar-refractivity contribution is 0.0585. The van der Waals surface area contributed by atoms with Crippen molar-refractivity contribution in [1.29, 1.82) is 0 Å². The Hall–Kier alpha value is -13.5. The molecule has 6 aliphatic carbocycles. The molecule has 12 aromatic heterocycles. The van der Waals surface area contributed by atoms with Gasteiger partial charge in [-0.3, -0.25) is 9.69 Å². The molecule has 0 aliphatic heterocycles. The van der Waals surface area contributed by atoms with Gasteiger partial charge in [0.1, 0.15) is 104 Å². The summed E-state index contributed by atoms with van der Waals surface area (Å²) < 4.78 is 34.8. The molecule has 0 bridgehead atoms. The third kappa shape index (κ3) is 21.1. The van der Waals surface area contributed by atoms with Crippen LogP contribution < -0.4 is 56.2 Å². The number of nitrogens with one attached hydrogen (secondary N) is 5. The lowest BCUT2D eigenvalue weighted by atomic mass is 10.1. The third-order valence-corrected chi connectivity index (χ3v) is 19.7. The molecule has 0 saturated heterocycles. The maximum atomic E-state index is 12.8. The number of rotatable bonds is 30. The van der Waals surface area contributed by atoms with E-state index < -0.39 is 35.2 Å². The molecule has 6 fully saturated rings. The Balaban J connectivity index is 0.000000128. The number of aromatic nitrogens is 16. The van der Waals surface area contributed by atoms with Gasteiger partial charge in [-0.2, -0.15) is 29.4 Å². The van der Waals surface area contributed by atoms with E-state index in [9.17, 15) is 44.4 Å². The summed E-state index contributed by atoms with van der Waals surface area (Å²) in [5, 5.41) is 79.9. The normalized spacial score (nSPS) is 15.2. The predicted octanol–water partition coefficient (Wildman–Crippen LogP) is 12.0. The van der Waals surface area contributed by atoms with Gasteiger partial charge in [0.25, 0.3) is 0 Å². The van der Waals surface area contributed by atoms with Crippen molar-refractivity contribution in [3.63, 3.8) is 0 Å². The number of carbonyl (C=O) groups is 5. The van der Waals surface area contributed by atoms with Crippen molar-refractivity contribution in [1.82, 2.24) is 78.3 Å². The van der Waals surface area contributed by atoms with E-state index in [-0.39, 0.29) is 64.0 Å². The van der Waals surface area contributed by atoms with E-state index in [2.05, 4.69) is 86.9 Å². The van der Waals surface area contributed by atoms with E-state index in [1.807, 2.05) is 68.4 Å². The first-order chi connectivity index (χ1) is 57.7. The molecular formula is C82H95N23O15. The zero-order valence-electron chi connectivity index (χ0n) is 67.3. The lowest BCUT2D eigenvalue weighted by Gasteiger charge is -2.25. The molecule has 12 heterocycles. The topological polar surface area (TPSA) is 494 Å². The molecule has 0 spiro atoms. The highest BCUT2D eigenvalue weighted by atomic mass is 16.6. The van der Waals surface area contributed by atoms with Crippen LogP contribution in [0.4, 0.5) is 62.5 Å². The largest absolute Gasteiger partial charge is 0.477 e. The van der Waals surface area contributed by atoms with Gasteiger partial charge in [0.15, 0.2) is 28.4 Å². The Morgan fingerprint density at radius 1 is 0.500 bits per heavy atom. The van der Waals surface area contributed by atoms with Gasteiger partial charge in [0, 0.05) is 81.0 Å². The molecule has 1 amide bonds. The van der Waals surface area contributed by atoms with Crippen molar-refractivity contribution in [2.24, 2.45) is 5.73 Å². The average Bonchev–Trinajstić information content (AvgIpc) is 1.62. The zero-order chi connectivity index (χ0) is 84.6. The molecule has 628 valence electrons. The second kappa shape index (κ2) is 35.8. The van der Waals surface area contributed by atoms with E-state index in [1.165, 1.54) is 35.1 Å². The van der Waals surface area contributed by atoms with E-state index in [1.54, 1.807) is 90.5 Å². The second-order valence-electron chi connectivity index (χ2n) is 30.8. The second-order valence-corrected chi connectivity index (χ2v) is 30.8. The van der Waals surface area contributed by atoms with Crippen LogP contribution in [0.2, 0.25) is 0 Å². The van der Waals surface area contributed by atoms with Crippen LogP contribution in [-0.2, 0) is 17.6 Å². The molecule has 0 aromatic carbocycles. The van der Waals surface area contributed by atoms with Crippen LogP contribution >= 0.6 is 0 Å². The van der Waals surface area contributed by atoms with Gasteiger partial charge in [0.05, 0.1) is 41.6 Å². The zero-order valence-corrected chi connectivity index (χ0v) is 67.3. The molecule has 0 unspecified atom stereocenters.